The van der Waals surface area contributed by atoms with Crippen LogP contribution in [0.25, 0.3) is 0 Å². The van der Waals surface area contributed by atoms with Crippen LogP contribution in [-0.4, -0.2) is 12.5 Å². The van der Waals surface area contributed by atoms with E-state index in [4.69, 9.17) is 22.6 Å². The van der Waals surface area contributed by atoms with E-state index in [2.05, 4.69) is 5.32 Å². The summed E-state index contributed by atoms with van der Waals surface area (Å²) in [6.45, 7) is 0.317. The Morgan fingerprint density at radius 1 is 1.60 bits per heavy atom. The zero-order valence-electron chi connectivity index (χ0n) is 7.96. The monoisotopic (exact) mass is 223 g/mol. The summed E-state index contributed by atoms with van der Waals surface area (Å²) >= 11 is 5.69. The average Bonchev–Trinajstić information content (AvgIpc) is 2.17. The molecule has 0 bridgehead atoms. The van der Waals surface area contributed by atoms with E-state index < -0.39 is 0 Å². The van der Waals surface area contributed by atoms with E-state index in [9.17, 15) is 4.79 Å². The van der Waals surface area contributed by atoms with Gasteiger partial charge in [0.1, 0.15) is 0 Å². The number of amides is 1. The number of hydrogen-bond donors (Lipinski definition) is 2. The Hall–Kier alpha value is -1.73. The predicted molar refractivity (Wildman–Crippen MR) is 58.4 cm³/mol. The van der Waals surface area contributed by atoms with Crippen LogP contribution in [0.3, 0.4) is 0 Å². The number of nitrogen functional groups attached to an aromatic ring is 1. The van der Waals surface area contributed by atoms with E-state index in [1.54, 1.807) is 12.1 Å². The Bertz CT molecular complexity index is 412. The van der Waals surface area contributed by atoms with Crippen molar-refractivity contribution in [1.29, 1.82) is 5.26 Å². The molecule has 1 rings (SSSR count). The zero-order chi connectivity index (χ0) is 11.3. The lowest BCUT2D eigenvalue weighted by Crippen LogP contribution is -2.25. The van der Waals surface area contributed by atoms with Crippen molar-refractivity contribution < 1.29 is 4.79 Å². The summed E-state index contributed by atoms with van der Waals surface area (Å²) in [5.41, 5.74) is 6.32. The van der Waals surface area contributed by atoms with Gasteiger partial charge in [-0.05, 0) is 18.2 Å². The van der Waals surface area contributed by atoms with Crippen molar-refractivity contribution in [1.82, 2.24) is 5.32 Å². The van der Waals surface area contributed by atoms with E-state index in [1.807, 2.05) is 6.07 Å². The van der Waals surface area contributed by atoms with Gasteiger partial charge in [-0.2, -0.15) is 5.26 Å². The Kier molecular flexibility index (Phi) is 3.95. The number of benzene rings is 1. The van der Waals surface area contributed by atoms with Crippen molar-refractivity contribution in [3.05, 3.63) is 28.8 Å². The lowest BCUT2D eigenvalue weighted by molar-refractivity contribution is 0.0955. The first kappa shape index (κ1) is 11.3. The molecule has 1 amide bonds. The number of nitrogens with two attached hydrogens (primary N) is 1. The molecule has 1 aromatic rings. The van der Waals surface area contributed by atoms with Crippen LogP contribution < -0.4 is 11.1 Å². The summed E-state index contributed by atoms with van der Waals surface area (Å²) in [5, 5.41) is 11.4. The van der Waals surface area contributed by atoms with Crippen LogP contribution in [0.2, 0.25) is 5.02 Å². The molecule has 4 nitrogen and oxygen atoms in total. The number of carbonyl (C=O) groups excluding carboxylic acids is 1. The number of halogens is 1. The highest BCUT2D eigenvalue weighted by Gasteiger charge is 2.08. The molecule has 78 valence electrons. The molecule has 0 heterocycles. The summed E-state index contributed by atoms with van der Waals surface area (Å²) in [7, 11) is 0. The standard InChI is InChI=1S/C10H10ClN3O/c11-7-2-3-8(9(13)6-7)10(15)14-5-1-4-12/h2-3,6H,1,5,13H2,(H,14,15). The van der Waals surface area contributed by atoms with E-state index in [-0.39, 0.29) is 12.3 Å². The van der Waals surface area contributed by atoms with Crippen LogP contribution in [0.1, 0.15) is 16.8 Å². The van der Waals surface area contributed by atoms with Crippen LogP contribution in [0.5, 0.6) is 0 Å². The number of rotatable bonds is 3. The fourth-order valence-corrected chi connectivity index (χ4v) is 1.25. The SMILES string of the molecule is N#CCCNC(=O)c1ccc(Cl)cc1N. The summed E-state index contributed by atoms with van der Waals surface area (Å²) in [6.07, 6.45) is 0.277. The zero-order valence-corrected chi connectivity index (χ0v) is 8.71. The Labute approximate surface area is 92.6 Å². The predicted octanol–water partition coefficient (Wildman–Crippen LogP) is 1.57. The van der Waals surface area contributed by atoms with E-state index in [0.29, 0.717) is 22.8 Å². The van der Waals surface area contributed by atoms with Crippen LogP contribution in [0, 0.1) is 11.3 Å². The summed E-state index contributed by atoms with van der Waals surface area (Å²) < 4.78 is 0. The molecule has 5 heteroatoms. The molecule has 0 spiro atoms. The van der Waals surface area contributed by atoms with Crippen LogP contribution in [-0.2, 0) is 0 Å². The molecule has 1 aromatic carbocycles. The van der Waals surface area contributed by atoms with Crippen molar-refractivity contribution in [2.75, 3.05) is 12.3 Å². The molecule has 15 heavy (non-hydrogen) atoms. The van der Waals surface area contributed by atoms with Gasteiger partial charge in [-0.1, -0.05) is 11.6 Å². The maximum absolute atomic E-state index is 11.5. The molecule has 0 saturated heterocycles. The average molecular weight is 224 g/mol. The Morgan fingerprint density at radius 3 is 2.93 bits per heavy atom. The lowest BCUT2D eigenvalue weighted by Gasteiger charge is -2.05. The maximum Gasteiger partial charge on any atom is 0.253 e. The summed E-state index contributed by atoms with van der Waals surface area (Å²) in [5.74, 6) is -0.292. The van der Waals surface area contributed by atoms with Crippen molar-refractivity contribution in [3.8, 4) is 6.07 Å². The smallest absolute Gasteiger partial charge is 0.253 e. The lowest BCUT2D eigenvalue weighted by atomic mass is 10.1. The van der Waals surface area contributed by atoms with Gasteiger partial charge in [-0.3, -0.25) is 4.79 Å². The first-order chi connectivity index (χ1) is 7.15. The molecule has 0 unspecified atom stereocenters. The molecule has 0 fully saturated rings. The molecule has 0 saturated carbocycles. The van der Waals surface area contributed by atoms with Gasteiger partial charge in [0, 0.05) is 17.3 Å². The Balaban J connectivity index is 2.70. The number of carbonyl (C=O) groups is 1. The third-order valence-electron chi connectivity index (χ3n) is 1.78. The maximum atomic E-state index is 11.5. The van der Waals surface area contributed by atoms with Crippen LogP contribution >= 0.6 is 11.6 Å². The van der Waals surface area contributed by atoms with Crippen molar-refractivity contribution in [2.24, 2.45) is 0 Å². The van der Waals surface area contributed by atoms with Crippen LogP contribution in [0.15, 0.2) is 18.2 Å². The molecular weight excluding hydrogens is 214 g/mol. The second-order valence-corrected chi connectivity index (χ2v) is 3.33. The van der Waals surface area contributed by atoms with E-state index >= 15 is 0 Å². The van der Waals surface area contributed by atoms with Crippen molar-refractivity contribution in [2.45, 2.75) is 6.42 Å². The molecule has 0 radical (unpaired) electrons. The Morgan fingerprint density at radius 2 is 2.33 bits per heavy atom. The minimum absolute atomic E-state index is 0.277. The van der Waals surface area contributed by atoms with Crippen LogP contribution in [0.4, 0.5) is 5.69 Å². The quantitative estimate of drug-likeness (QED) is 0.603. The fourth-order valence-electron chi connectivity index (χ4n) is 1.07. The number of anilines is 1. The second-order valence-electron chi connectivity index (χ2n) is 2.90. The highest BCUT2D eigenvalue weighted by atomic mass is 35.5. The minimum atomic E-state index is -0.292. The third kappa shape index (κ3) is 3.15. The largest absolute Gasteiger partial charge is 0.398 e. The minimum Gasteiger partial charge on any atom is -0.398 e. The molecule has 0 atom stereocenters. The first-order valence-electron chi connectivity index (χ1n) is 4.35. The molecular formula is C10H10ClN3O. The number of nitrogens with one attached hydrogen (secondary N) is 1. The molecule has 0 aliphatic heterocycles. The number of nitrogens with zero attached hydrogens (tertiary/aromatic N) is 1. The van der Waals surface area contributed by atoms with Gasteiger partial charge in [0.2, 0.25) is 0 Å². The van der Waals surface area contributed by atoms with Crippen molar-refractivity contribution in [3.63, 3.8) is 0 Å². The highest BCUT2D eigenvalue weighted by Crippen LogP contribution is 2.17. The van der Waals surface area contributed by atoms with E-state index in [1.165, 1.54) is 6.07 Å². The van der Waals surface area contributed by atoms with Gasteiger partial charge in [0.25, 0.3) is 5.91 Å². The first-order valence-corrected chi connectivity index (χ1v) is 4.73. The van der Waals surface area contributed by atoms with Crippen molar-refractivity contribution >= 4 is 23.2 Å². The van der Waals surface area contributed by atoms with Gasteiger partial charge >= 0.3 is 0 Å². The summed E-state index contributed by atoms with van der Waals surface area (Å²) in [6, 6.07) is 6.60. The molecule has 0 aliphatic rings. The third-order valence-corrected chi connectivity index (χ3v) is 2.02. The van der Waals surface area contributed by atoms with Gasteiger partial charge in [-0.25, -0.2) is 0 Å². The summed E-state index contributed by atoms with van der Waals surface area (Å²) in [4.78, 5) is 11.5. The molecule has 0 aromatic heterocycles. The second kappa shape index (κ2) is 5.23. The molecule has 3 N–H and O–H groups in total. The van der Waals surface area contributed by atoms with Gasteiger partial charge in [-0.15, -0.1) is 0 Å². The fraction of sp³-hybridized carbons (Fsp3) is 0.200. The van der Waals surface area contributed by atoms with Gasteiger partial charge in [0.15, 0.2) is 0 Å². The van der Waals surface area contributed by atoms with Gasteiger partial charge in [0.05, 0.1) is 18.1 Å². The van der Waals surface area contributed by atoms with E-state index in [0.717, 1.165) is 0 Å². The normalized spacial score (nSPS) is 9.33. The van der Waals surface area contributed by atoms with Gasteiger partial charge < -0.3 is 11.1 Å². The number of hydrogen-bond acceptors (Lipinski definition) is 3. The topological polar surface area (TPSA) is 78.9 Å². The number of nitriles is 1. The highest BCUT2D eigenvalue weighted by molar-refractivity contribution is 6.31. The molecule has 0 aliphatic carbocycles.